The molecule has 4 aromatic rings. The van der Waals surface area contributed by atoms with Crippen molar-refractivity contribution in [3.05, 3.63) is 77.0 Å². The first-order chi connectivity index (χ1) is 12.6. The van der Waals surface area contributed by atoms with E-state index in [4.69, 9.17) is 16.0 Å². The van der Waals surface area contributed by atoms with Crippen molar-refractivity contribution in [1.82, 2.24) is 10.3 Å². The fraction of sp³-hybridized carbons (Fsp3) is 0.143. The summed E-state index contributed by atoms with van der Waals surface area (Å²) >= 11 is 6.01. The normalized spacial score (nSPS) is 12.4. The summed E-state index contributed by atoms with van der Waals surface area (Å²) < 4.78 is 5.65. The highest BCUT2D eigenvalue weighted by Gasteiger charge is 2.15. The molecule has 0 radical (unpaired) electrons. The van der Waals surface area contributed by atoms with E-state index >= 15 is 0 Å². The minimum Gasteiger partial charge on any atom is -0.433 e. The minimum absolute atomic E-state index is 0.215. The highest BCUT2D eigenvalue weighted by Crippen LogP contribution is 2.25. The Kier molecular flexibility index (Phi) is 4.35. The van der Waals surface area contributed by atoms with Gasteiger partial charge in [0.25, 0.3) is 5.91 Å². The zero-order valence-corrected chi connectivity index (χ0v) is 15.0. The van der Waals surface area contributed by atoms with E-state index in [1.807, 2.05) is 36.4 Å². The van der Waals surface area contributed by atoms with Gasteiger partial charge < -0.3 is 9.73 Å². The van der Waals surface area contributed by atoms with Crippen molar-refractivity contribution in [2.45, 2.75) is 12.8 Å². The quantitative estimate of drug-likeness (QED) is 0.543. The Morgan fingerprint density at radius 3 is 2.73 bits per heavy atom. The van der Waals surface area contributed by atoms with Gasteiger partial charge in [-0.1, -0.05) is 54.9 Å². The van der Waals surface area contributed by atoms with Crippen molar-refractivity contribution in [3.63, 3.8) is 0 Å². The molecule has 0 saturated carbocycles. The summed E-state index contributed by atoms with van der Waals surface area (Å²) in [6.45, 7) is 2.61. The van der Waals surface area contributed by atoms with Gasteiger partial charge in [0, 0.05) is 22.3 Å². The molecule has 2 heterocycles. The monoisotopic (exact) mass is 364 g/mol. The number of hydrogen-bond donors (Lipinski definition) is 1. The molecule has 0 spiro atoms. The molecule has 1 N–H and O–H groups in total. The zero-order valence-electron chi connectivity index (χ0n) is 14.2. The second-order valence-electron chi connectivity index (χ2n) is 6.35. The van der Waals surface area contributed by atoms with Crippen molar-refractivity contribution in [1.29, 1.82) is 0 Å². The lowest BCUT2D eigenvalue weighted by Gasteiger charge is -2.12. The van der Waals surface area contributed by atoms with E-state index < -0.39 is 0 Å². The van der Waals surface area contributed by atoms with E-state index in [0.29, 0.717) is 17.3 Å². The SMILES string of the molecule is CC(CNC(=O)c1cc2cc3ccc(Cl)cc3nc2o1)c1ccccc1. The molecule has 1 unspecified atom stereocenters. The number of aromatic nitrogens is 1. The average molecular weight is 365 g/mol. The minimum atomic E-state index is -0.243. The second-order valence-corrected chi connectivity index (χ2v) is 6.79. The maximum absolute atomic E-state index is 12.4. The van der Waals surface area contributed by atoms with Crippen LogP contribution >= 0.6 is 11.6 Å². The molecule has 1 atom stereocenters. The first-order valence-electron chi connectivity index (χ1n) is 8.43. The van der Waals surface area contributed by atoms with E-state index in [0.717, 1.165) is 16.3 Å². The number of amides is 1. The van der Waals surface area contributed by atoms with Crippen molar-refractivity contribution in [2.75, 3.05) is 6.54 Å². The van der Waals surface area contributed by atoms with Crippen molar-refractivity contribution < 1.29 is 9.21 Å². The Balaban J connectivity index is 1.54. The Morgan fingerprint density at radius 2 is 1.92 bits per heavy atom. The number of nitrogens with one attached hydrogen (secondary N) is 1. The van der Waals surface area contributed by atoms with Crippen LogP contribution in [-0.2, 0) is 0 Å². The first-order valence-corrected chi connectivity index (χ1v) is 8.81. The number of carbonyl (C=O) groups is 1. The molecule has 0 saturated heterocycles. The molecule has 130 valence electrons. The second kappa shape index (κ2) is 6.81. The largest absolute Gasteiger partial charge is 0.433 e. The van der Waals surface area contributed by atoms with Crippen LogP contribution in [0.15, 0.2) is 65.1 Å². The van der Waals surface area contributed by atoms with Crippen molar-refractivity contribution >= 4 is 39.5 Å². The Bertz CT molecular complexity index is 1090. The highest BCUT2D eigenvalue weighted by atomic mass is 35.5. The third-order valence-electron chi connectivity index (χ3n) is 4.43. The lowest BCUT2D eigenvalue weighted by molar-refractivity contribution is 0.0926. The van der Waals surface area contributed by atoms with Gasteiger partial charge in [-0.05, 0) is 35.7 Å². The predicted octanol–water partition coefficient (Wildman–Crippen LogP) is 5.17. The van der Waals surface area contributed by atoms with Crippen LogP contribution in [0.2, 0.25) is 5.02 Å². The van der Waals surface area contributed by atoms with Crippen LogP contribution in [0.4, 0.5) is 0 Å². The summed E-state index contributed by atoms with van der Waals surface area (Å²) in [5.41, 5.74) is 2.35. The molecular weight excluding hydrogens is 348 g/mol. The molecule has 0 aliphatic heterocycles. The first kappa shape index (κ1) is 16.6. The third kappa shape index (κ3) is 3.28. The molecule has 2 aromatic carbocycles. The highest BCUT2D eigenvalue weighted by molar-refractivity contribution is 6.31. The number of halogens is 1. The number of hydrogen-bond acceptors (Lipinski definition) is 3. The molecule has 0 bridgehead atoms. The molecule has 4 rings (SSSR count). The summed E-state index contributed by atoms with van der Waals surface area (Å²) in [4.78, 5) is 16.9. The number of nitrogens with zero attached hydrogens (tertiary/aromatic N) is 1. The summed E-state index contributed by atoms with van der Waals surface area (Å²) in [5, 5.41) is 5.29. The van der Waals surface area contributed by atoms with Gasteiger partial charge in [0.05, 0.1) is 5.52 Å². The standard InChI is InChI=1S/C21H17ClN2O2/c1-13(14-5-3-2-4-6-14)12-23-20(25)19-10-16-9-15-7-8-17(22)11-18(15)24-21(16)26-19/h2-11,13H,12H2,1H3,(H,23,25). The molecule has 1 amide bonds. The van der Waals surface area contributed by atoms with E-state index in [1.54, 1.807) is 12.1 Å². The topological polar surface area (TPSA) is 55.1 Å². The number of benzene rings is 2. The van der Waals surface area contributed by atoms with Crippen LogP contribution in [0, 0.1) is 0 Å². The zero-order chi connectivity index (χ0) is 18.1. The van der Waals surface area contributed by atoms with Gasteiger partial charge in [-0.3, -0.25) is 4.79 Å². The van der Waals surface area contributed by atoms with Crippen molar-refractivity contribution in [2.24, 2.45) is 0 Å². The summed E-state index contributed by atoms with van der Waals surface area (Å²) in [6.07, 6.45) is 0. The van der Waals surface area contributed by atoms with E-state index in [1.165, 1.54) is 5.56 Å². The maximum Gasteiger partial charge on any atom is 0.287 e. The van der Waals surface area contributed by atoms with Gasteiger partial charge in [0.15, 0.2) is 5.76 Å². The van der Waals surface area contributed by atoms with E-state index in [2.05, 4.69) is 29.4 Å². The van der Waals surface area contributed by atoms with Gasteiger partial charge in [0.2, 0.25) is 5.71 Å². The lowest BCUT2D eigenvalue weighted by Crippen LogP contribution is -2.27. The summed E-state index contributed by atoms with van der Waals surface area (Å²) in [5.74, 6) is 0.231. The maximum atomic E-state index is 12.4. The van der Waals surface area contributed by atoms with Gasteiger partial charge in [-0.25, -0.2) is 4.98 Å². The summed E-state index contributed by atoms with van der Waals surface area (Å²) in [7, 11) is 0. The van der Waals surface area contributed by atoms with Crippen molar-refractivity contribution in [3.8, 4) is 0 Å². The molecule has 4 nitrogen and oxygen atoms in total. The lowest BCUT2D eigenvalue weighted by atomic mass is 10.0. The fourth-order valence-corrected chi connectivity index (χ4v) is 3.11. The molecule has 26 heavy (non-hydrogen) atoms. The Morgan fingerprint density at radius 1 is 1.12 bits per heavy atom. The van der Waals surface area contributed by atoms with Gasteiger partial charge >= 0.3 is 0 Å². The number of carbonyl (C=O) groups excluding carboxylic acids is 1. The van der Waals surface area contributed by atoms with E-state index in [9.17, 15) is 4.79 Å². The average Bonchev–Trinajstić information content (AvgIpc) is 3.07. The number of pyridine rings is 1. The van der Waals surface area contributed by atoms with Crippen LogP contribution < -0.4 is 5.32 Å². The molecule has 5 heteroatoms. The number of fused-ring (bicyclic) bond motifs is 2. The van der Waals surface area contributed by atoms with Crippen LogP contribution in [0.1, 0.15) is 29.0 Å². The molecular formula is C21H17ClN2O2. The molecule has 0 aliphatic rings. The summed E-state index contributed by atoms with van der Waals surface area (Å²) in [6, 6.07) is 19.2. The van der Waals surface area contributed by atoms with Crippen LogP contribution in [0.3, 0.4) is 0 Å². The predicted molar refractivity (Wildman–Crippen MR) is 104 cm³/mol. The van der Waals surface area contributed by atoms with Gasteiger partial charge in [-0.2, -0.15) is 0 Å². The Hall–Kier alpha value is -2.85. The van der Waals surface area contributed by atoms with Crippen LogP contribution in [-0.4, -0.2) is 17.4 Å². The van der Waals surface area contributed by atoms with Crippen LogP contribution in [0.25, 0.3) is 22.0 Å². The molecule has 0 aliphatic carbocycles. The Labute approximate surface area is 155 Å². The fourth-order valence-electron chi connectivity index (χ4n) is 2.94. The van der Waals surface area contributed by atoms with Gasteiger partial charge in [-0.15, -0.1) is 0 Å². The molecule has 0 fully saturated rings. The third-order valence-corrected chi connectivity index (χ3v) is 4.66. The van der Waals surface area contributed by atoms with Crippen LogP contribution in [0.5, 0.6) is 0 Å². The van der Waals surface area contributed by atoms with Gasteiger partial charge in [0.1, 0.15) is 0 Å². The smallest absolute Gasteiger partial charge is 0.287 e. The van der Waals surface area contributed by atoms with E-state index in [-0.39, 0.29) is 17.6 Å². The number of furan rings is 1. The molecule has 2 aromatic heterocycles. The number of rotatable bonds is 4.